The highest BCUT2D eigenvalue weighted by Crippen LogP contribution is 2.32. The van der Waals surface area contributed by atoms with E-state index in [4.69, 9.17) is 9.72 Å². The van der Waals surface area contributed by atoms with E-state index in [1.807, 2.05) is 85.9 Å². The van der Waals surface area contributed by atoms with Crippen LogP contribution in [0.15, 0.2) is 103 Å². The molecule has 0 saturated carbocycles. The number of benzene rings is 3. The fourth-order valence-corrected chi connectivity index (χ4v) is 4.42. The van der Waals surface area contributed by atoms with Crippen molar-refractivity contribution >= 4 is 17.4 Å². The molecule has 0 radical (unpaired) electrons. The molecular weight excluding hydrogens is 446 g/mol. The molecular formula is C31H29N3O2. The SMILES string of the molecule is CCC(C(=O)Oc1cccc(-c2nc3cc(C)ccn3c2NCc2ccccc2)c1)c1ccccc1. The Hall–Kier alpha value is -4.38. The normalized spacial score (nSPS) is 11.8. The number of anilines is 1. The van der Waals surface area contributed by atoms with Gasteiger partial charge in [0.15, 0.2) is 0 Å². The number of pyridine rings is 1. The molecule has 1 unspecified atom stereocenters. The maximum Gasteiger partial charge on any atom is 0.318 e. The average Bonchev–Trinajstić information content (AvgIpc) is 3.27. The number of imidazole rings is 1. The summed E-state index contributed by atoms with van der Waals surface area (Å²) in [6.45, 7) is 4.72. The molecule has 180 valence electrons. The summed E-state index contributed by atoms with van der Waals surface area (Å²) in [5.74, 6) is 0.840. The van der Waals surface area contributed by atoms with Crippen molar-refractivity contribution in [2.24, 2.45) is 0 Å². The minimum Gasteiger partial charge on any atom is -0.426 e. The lowest BCUT2D eigenvalue weighted by Gasteiger charge is -2.15. The highest BCUT2D eigenvalue weighted by atomic mass is 16.5. The molecule has 0 fully saturated rings. The van der Waals surface area contributed by atoms with E-state index in [0.717, 1.165) is 33.8 Å². The van der Waals surface area contributed by atoms with Crippen LogP contribution < -0.4 is 10.1 Å². The summed E-state index contributed by atoms with van der Waals surface area (Å²) in [6, 6.07) is 31.8. The van der Waals surface area contributed by atoms with Crippen molar-refractivity contribution in [3.63, 3.8) is 0 Å². The second-order valence-electron chi connectivity index (χ2n) is 8.90. The van der Waals surface area contributed by atoms with Crippen LogP contribution in [0, 0.1) is 6.92 Å². The van der Waals surface area contributed by atoms with Crippen LogP contribution in [0.2, 0.25) is 0 Å². The number of carbonyl (C=O) groups is 1. The largest absolute Gasteiger partial charge is 0.426 e. The van der Waals surface area contributed by atoms with Crippen LogP contribution in [0.1, 0.15) is 36.0 Å². The molecule has 5 rings (SSSR count). The lowest BCUT2D eigenvalue weighted by Crippen LogP contribution is -2.18. The predicted octanol–water partition coefficient (Wildman–Crippen LogP) is 7.02. The van der Waals surface area contributed by atoms with E-state index in [-0.39, 0.29) is 11.9 Å². The van der Waals surface area contributed by atoms with Crippen molar-refractivity contribution in [2.75, 3.05) is 5.32 Å². The standard InChI is InChI=1S/C31H29N3O2/c1-3-27(24-13-8-5-9-14-24)31(35)36-26-16-10-15-25(20-26)29-30(32-21-23-11-6-4-7-12-23)34-18-17-22(2)19-28(34)33-29/h4-20,27,32H,3,21H2,1-2H3. The fourth-order valence-electron chi connectivity index (χ4n) is 4.42. The van der Waals surface area contributed by atoms with Gasteiger partial charge in [0, 0.05) is 18.3 Å². The first kappa shape index (κ1) is 23.4. The molecule has 36 heavy (non-hydrogen) atoms. The molecule has 0 bridgehead atoms. The zero-order valence-electron chi connectivity index (χ0n) is 20.5. The summed E-state index contributed by atoms with van der Waals surface area (Å²) in [6.07, 6.45) is 2.70. The van der Waals surface area contributed by atoms with Crippen LogP contribution in [0.5, 0.6) is 5.75 Å². The molecule has 0 amide bonds. The molecule has 5 heteroatoms. The van der Waals surface area contributed by atoms with Crippen LogP contribution in [0.25, 0.3) is 16.9 Å². The Balaban J connectivity index is 1.46. The number of hydrogen-bond acceptors (Lipinski definition) is 4. The Kier molecular flexibility index (Phi) is 6.80. The lowest BCUT2D eigenvalue weighted by molar-refractivity contribution is -0.136. The van der Waals surface area contributed by atoms with Gasteiger partial charge in [0.2, 0.25) is 0 Å². The van der Waals surface area contributed by atoms with Crippen LogP contribution in [-0.4, -0.2) is 15.4 Å². The summed E-state index contributed by atoms with van der Waals surface area (Å²) in [7, 11) is 0. The van der Waals surface area contributed by atoms with Crippen LogP contribution in [-0.2, 0) is 11.3 Å². The third kappa shape index (κ3) is 5.01. The Morgan fingerprint density at radius 1 is 0.944 bits per heavy atom. The highest BCUT2D eigenvalue weighted by molar-refractivity contribution is 5.82. The number of aryl methyl sites for hydroxylation is 1. The average molecular weight is 476 g/mol. The van der Waals surface area contributed by atoms with Crippen molar-refractivity contribution in [1.29, 1.82) is 0 Å². The van der Waals surface area contributed by atoms with Crippen molar-refractivity contribution in [2.45, 2.75) is 32.7 Å². The van der Waals surface area contributed by atoms with Gasteiger partial charge >= 0.3 is 5.97 Å². The molecule has 0 aliphatic carbocycles. The first-order valence-corrected chi connectivity index (χ1v) is 12.3. The Labute approximate surface area is 211 Å². The number of fused-ring (bicyclic) bond motifs is 1. The van der Waals surface area contributed by atoms with Gasteiger partial charge in [-0.3, -0.25) is 9.20 Å². The molecule has 0 saturated heterocycles. The number of hydrogen-bond donors (Lipinski definition) is 1. The van der Waals surface area contributed by atoms with Gasteiger partial charge in [0.05, 0.1) is 5.92 Å². The van der Waals surface area contributed by atoms with Crippen molar-refractivity contribution in [3.8, 4) is 17.0 Å². The minimum atomic E-state index is -0.309. The number of nitrogens with one attached hydrogen (secondary N) is 1. The van der Waals surface area contributed by atoms with E-state index in [1.54, 1.807) is 0 Å². The van der Waals surface area contributed by atoms with Gasteiger partial charge in [-0.2, -0.15) is 0 Å². The summed E-state index contributed by atoms with van der Waals surface area (Å²) in [4.78, 5) is 18.0. The Morgan fingerprint density at radius 3 is 2.44 bits per heavy atom. The zero-order chi connectivity index (χ0) is 24.9. The number of nitrogens with zero attached hydrogens (tertiary/aromatic N) is 2. The third-order valence-electron chi connectivity index (χ3n) is 6.31. The van der Waals surface area contributed by atoms with Gasteiger partial charge in [0.1, 0.15) is 22.9 Å². The Bertz CT molecular complexity index is 1480. The molecule has 0 aliphatic rings. The monoisotopic (exact) mass is 475 g/mol. The maximum absolute atomic E-state index is 13.0. The summed E-state index contributed by atoms with van der Waals surface area (Å²) >= 11 is 0. The molecule has 2 aromatic heterocycles. The van der Waals surface area contributed by atoms with Gasteiger partial charge < -0.3 is 10.1 Å². The van der Waals surface area contributed by atoms with Gasteiger partial charge in [-0.05, 0) is 54.3 Å². The molecule has 2 heterocycles. The van der Waals surface area contributed by atoms with Gasteiger partial charge in [-0.1, -0.05) is 79.7 Å². The van der Waals surface area contributed by atoms with Crippen molar-refractivity contribution in [1.82, 2.24) is 9.38 Å². The van der Waals surface area contributed by atoms with Crippen molar-refractivity contribution in [3.05, 3.63) is 120 Å². The first-order valence-electron chi connectivity index (χ1n) is 12.3. The predicted molar refractivity (Wildman–Crippen MR) is 144 cm³/mol. The van der Waals surface area contributed by atoms with E-state index < -0.39 is 0 Å². The van der Waals surface area contributed by atoms with Gasteiger partial charge in [-0.25, -0.2) is 4.98 Å². The second kappa shape index (κ2) is 10.5. The molecule has 5 nitrogen and oxygen atoms in total. The second-order valence-corrected chi connectivity index (χ2v) is 8.90. The number of esters is 1. The zero-order valence-corrected chi connectivity index (χ0v) is 20.5. The summed E-state index contributed by atoms with van der Waals surface area (Å²) in [5.41, 5.74) is 5.83. The van der Waals surface area contributed by atoms with E-state index >= 15 is 0 Å². The van der Waals surface area contributed by atoms with E-state index in [0.29, 0.717) is 18.7 Å². The van der Waals surface area contributed by atoms with E-state index in [2.05, 4.69) is 40.9 Å². The highest BCUT2D eigenvalue weighted by Gasteiger charge is 2.21. The van der Waals surface area contributed by atoms with E-state index in [1.165, 1.54) is 5.56 Å². The molecule has 0 spiro atoms. The first-order chi connectivity index (χ1) is 17.6. The number of carbonyl (C=O) groups excluding carboxylic acids is 1. The molecule has 0 aliphatic heterocycles. The third-order valence-corrected chi connectivity index (χ3v) is 6.31. The quantitative estimate of drug-likeness (QED) is 0.193. The molecule has 1 atom stereocenters. The number of ether oxygens (including phenoxy) is 1. The summed E-state index contributed by atoms with van der Waals surface area (Å²) < 4.78 is 7.91. The molecule has 3 aromatic carbocycles. The van der Waals surface area contributed by atoms with Crippen LogP contribution >= 0.6 is 0 Å². The number of rotatable bonds is 8. The number of aromatic nitrogens is 2. The van der Waals surface area contributed by atoms with Crippen LogP contribution in [0.4, 0.5) is 5.82 Å². The molecule has 1 N–H and O–H groups in total. The minimum absolute atomic E-state index is 0.256. The van der Waals surface area contributed by atoms with E-state index in [9.17, 15) is 4.79 Å². The Morgan fingerprint density at radius 2 is 1.69 bits per heavy atom. The van der Waals surface area contributed by atoms with Gasteiger partial charge in [0.25, 0.3) is 0 Å². The van der Waals surface area contributed by atoms with Crippen LogP contribution in [0.3, 0.4) is 0 Å². The van der Waals surface area contributed by atoms with Gasteiger partial charge in [-0.15, -0.1) is 0 Å². The fraction of sp³-hybridized carbons (Fsp3) is 0.161. The summed E-state index contributed by atoms with van der Waals surface area (Å²) in [5, 5.41) is 3.57. The topological polar surface area (TPSA) is 55.6 Å². The lowest BCUT2D eigenvalue weighted by atomic mass is 9.97. The molecule has 5 aromatic rings. The smallest absolute Gasteiger partial charge is 0.318 e. The maximum atomic E-state index is 13.0. The van der Waals surface area contributed by atoms with Crippen molar-refractivity contribution < 1.29 is 9.53 Å².